The third-order valence-corrected chi connectivity index (χ3v) is 3.47. The molecule has 0 aliphatic carbocycles. The lowest BCUT2D eigenvalue weighted by Crippen LogP contribution is -2.34. The molecule has 0 radical (unpaired) electrons. The Labute approximate surface area is 117 Å². The predicted octanol–water partition coefficient (Wildman–Crippen LogP) is 1.68. The minimum absolute atomic E-state index is 0.0686. The van der Waals surface area contributed by atoms with E-state index >= 15 is 0 Å². The van der Waals surface area contributed by atoms with E-state index in [0.29, 0.717) is 23.5 Å². The zero-order chi connectivity index (χ0) is 14.3. The Kier molecular flexibility index (Phi) is 6.08. The van der Waals surface area contributed by atoms with Crippen LogP contribution < -0.4 is 5.73 Å². The first-order valence-electron chi connectivity index (χ1n) is 6.09. The summed E-state index contributed by atoms with van der Waals surface area (Å²) < 4.78 is 0. The van der Waals surface area contributed by atoms with Crippen molar-refractivity contribution in [2.24, 2.45) is 11.7 Å². The molecule has 0 aromatic carbocycles. The van der Waals surface area contributed by atoms with Gasteiger partial charge >= 0.3 is 0 Å². The molecule has 0 saturated carbocycles. The molecule has 1 aromatic rings. The molecule has 5 heteroatoms. The fourth-order valence-electron chi connectivity index (χ4n) is 1.59. The van der Waals surface area contributed by atoms with Crippen LogP contribution in [-0.2, 0) is 0 Å². The van der Waals surface area contributed by atoms with Gasteiger partial charge in [-0.25, -0.2) is 0 Å². The van der Waals surface area contributed by atoms with Crippen molar-refractivity contribution in [1.82, 2.24) is 4.90 Å². The lowest BCUT2D eigenvalue weighted by Gasteiger charge is -2.21. The number of nitrogens with two attached hydrogens (primary N) is 1. The number of nitrogens with zero attached hydrogens (tertiary/aromatic N) is 2. The molecular formula is C14H17N3OS. The van der Waals surface area contributed by atoms with Gasteiger partial charge in [-0.1, -0.05) is 11.8 Å². The predicted molar refractivity (Wildman–Crippen MR) is 76.6 cm³/mol. The Hall–Kier alpha value is -1.82. The van der Waals surface area contributed by atoms with Crippen molar-refractivity contribution in [3.63, 3.8) is 0 Å². The highest BCUT2D eigenvalue weighted by Crippen LogP contribution is 2.18. The van der Waals surface area contributed by atoms with Crippen molar-refractivity contribution >= 4 is 17.2 Å². The number of thiophene rings is 1. The topological polar surface area (TPSA) is 70.1 Å². The molecule has 0 saturated heterocycles. The third kappa shape index (κ3) is 4.10. The third-order valence-electron chi connectivity index (χ3n) is 2.57. The summed E-state index contributed by atoms with van der Waals surface area (Å²) in [5.41, 5.74) is 6.05. The first-order valence-corrected chi connectivity index (χ1v) is 6.97. The molecule has 1 amide bonds. The molecule has 0 fully saturated rings. The number of hydrogen-bond donors (Lipinski definition) is 1. The number of hydrogen-bond acceptors (Lipinski definition) is 4. The lowest BCUT2D eigenvalue weighted by molar-refractivity contribution is 0.0757. The van der Waals surface area contributed by atoms with Crippen LogP contribution in [0.15, 0.2) is 11.4 Å². The van der Waals surface area contributed by atoms with E-state index in [1.807, 2.05) is 18.4 Å². The molecule has 2 N–H and O–H groups in total. The molecule has 1 heterocycles. The summed E-state index contributed by atoms with van der Waals surface area (Å²) in [5.74, 6) is 5.41. The molecule has 4 nitrogen and oxygen atoms in total. The highest BCUT2D eigenvalue weighted by Gasteiger charge is 2.20. The maximum atomic E-state index is 12.4. The minimum atomic E-state index is -0.178. The fraction of sp³-hybridized carbons (Fsp3) is 0.429. The first-order chi connectivity index (χ1) is 9.13. The van der Waals surface area contributed by atoms with E-state index in [-0.39, 0.29) is 18.4 Å². The molecule has 0 aliphatic rings. The van der Waals surface area contributed by atoms with Gasteiger partial charge in [0.15, 0.2) is 0 Å². The van der Waals surface area contributed by atoms with Crippen molar-refractivity contribution in [1.29, 1.82) is 5.26 Å². The average Bonchev–Trinajstić information content (AvgIpc) is 2.89. The molecule has 0 bridgehead atoms. The average molecular weight is 275 g/mol. The van der Waals surface area contributed by atoms with Crippen molar-refractivity contribution in [3.8, 4) is 17.9 Å². The number of carbonyl (C=O) groups excluding carboxylic acids is 1. The molecule has 0 spiro atoms. The summed E-state index contributed by atoms with van der Waals surface area (Å²) in [6.07, 6.45) is 0. The maximum Gasteiger partial charge on any atom is 0.265 e. The van der Waals surface area contributed by atoms with Crippen LogP contribution in [0, 0.1) is 29.1 Å². The summed E-state index contributed by atoms with van der Waals surface area (Å²) in [4.78, 5) is 14.7. The van der Waals surface area contributed by atoms with E-state index in [1.165, 1.54) is 11.3 Å². The zero-order valence-electron chi connectivity index (χ0n) is 11.1. The smallest absolute Gasteiger partial charge is 0.265 e. The summed E-state index contributed by atoms with van der Waals surface area (Å²) in [6, 6.07) is 3.97. The summed E-state index contributed by atoms with van der Waals surface area (Å²) in [7, 11) is 0. The Morgan fingerprint density at radius 2 is 2.37 bits per heavy atom. The number of nitriles is 1. The molecule has 1 atom stereocenters. The molecule has 1 aromatic heterocycles. The highest BCUT2D eigenvalue weighted by molar-refractivity contribution is 7.12. The second-order valence-electron chi connectivity index (χ2n) is 4.04. The quantitative estimate of drug-likeness (QED) is 0.850. The normalized spacial score (nSPS) is 11.1. The van der Waals surface area contributed by atoms with E-state index in [0.717, 1.165) is 0 Å². The van der Waals surface area contributed by atoms with Gasteiger partial charge in [0.1, 0.15) is 4.88 Å². The van der Waals surface area contributed by atoms with Crippen LogP contribution in [0.1, 0.15) is 29.1 Å². The van der Waals surface area contributed by atoms with Crippen molar-refractivity contribution in [3.05, 3.63) is 21.9 Å². The number of rotatable bonds is 4. The van der Waals surface area contributed by atoms with Crippen LogP contribution >= 0.6 is 11.3 Å². The second-order valence-corrected chi connectivity index (χ2v) is 4.96. The van der Waals surface area contributed by atoms with Gasteiger partial charge in [0, 0.05) is 18.7 Å². The van der Waals surface area contributed by atoms with E-state index < -0.39 is 0 Å². The molecule has 1 unspecified atom stereocenters. The Morgan fingerprint density at radius 3 is 2.95 bits per heavy atom. The standard InChI is InChI=1S/C14H17N3OS/c1-3-17(10-11(2)9-16)14(18)13-12(5-4-7-15)6-8-19-13/h6,8,11H,3,7,10,15H2,1-2H3. The summed E-state index contributed by atoms with van der Waals surface area (Å²) in [6.45, 7) is 4.99. The SMILES string of the molecule is CCN(CC(C)C#N)C(=O)c1sccc1C#CCN. The fourth-order valence-corrected chi connectivity index (χ4v) is 2.41. The van der Waals surface area contributed by atoms with Gasteiger partial charge in [0.2, 0.25) is 0 Å². The monoisotopic (exact) mass is 275 g/mol. The van der Waals surface area contributed by atoms with Gasteiger partial charge in [0.05, 0.1) is 18.5 Å². The molecule has 1 rings (SSSR count). The lowest BCUT2D eigenvalue weighted by atomic mass is 10.1. The molecular weight excluding hydrogens is 258 g/mol. The van der Waals surface area contributed by atoms with Crippen LogP contribution in [0.4, 0.5) is 0 Å². The summed E-state index contributed by atoms with van der Waals surface area (Å²) in [5, 5.41) is 10.7. The van der Waals surface area contributed by atoms with E-state index in [4.69, 9.17) is 11.0 Å². The highest BCUT2D eigenvalue weighted by atomic mass is 32.1. The van der Waals surface area contributed by atoms with E-state index in [9.17, 15) is 4.79 Å². The van der Waals surface area contributed by atoms with Crippen LogP contribution in [-0.4, -0.2) is 30.4 Å². The maximum absolute atomic E-state index is 12.4. The van der Waals surface area contributed by atoms with Gasteiger partial charge in [-0.2, -0.15) is 5.26 Å². The Balaban J connectivity index is 2.92. The largest absolute Gasteiger partial charge is 0.337 e. The zero-order valence-corrected chi connectivity index (χ0v) is 12.0. The number of carbonyl (C=O) groups is 1. The molecule has 0 aliphatic heterocycles. The van der Waals surface area contributed by atoms with Gasteiger partial charge in [-0.05, 0) is 25.3 Å². The van der Waals surface area contributed by atoms with Crippen LogP contribution in [0.25, 0.3) is 0 Å². The first kappa shape index (κ1) is 15.2. The van der Waals surface area contributed by atoms with Crippen molar-refractivity contribution < 1.29 is 4.79 Å². The number of amides is 1. The van der Waals surface area contributed by atoms with Gasteiger partial charge in [-0.15, -0.1) is 11.3 Å². The summed E-state index contributed by atoms with van der Waals surface area (Å²) >= 11 is 1.37. The second kappa shape index (κ2) is 7.58. The van der Waals surface area contributed by atoms with Gasteiger partial charge in [0.25, 0.3) is 5.91 Å². The van der Waals surface area contributed by atoms with Gasteiger partial charge in [-0.3, -0.25) is 4.79 Å². The van der Waals surface area contributed by atoms with E-state index in [2.05, 4.69) is 17.9 Å². The minimum Gasteiger partial charge on any atom is -0.337 e. The van der Waals surface area contributed by atoms with Gasteiger partial charge < -0.3 is 10.6 Å². The Bertz CT molecular complexity index is 533. The van der Waals surface area contributed by atoms with Crippen molar-refractivity contribution in [2.45, 2.75) is 13.8 Å². The Morgan fingerprint density at radius 1 is 1.63 bits per heavy atom. The van der Waals surface area contributed by atoms with Crippen LogP contribution in [0.5, 0.6) is 0 Å². The van der Waals surface area contributed by atoms with Crippen LogP contribution in [0.3, 0.4) is 0 Å². The van der Waals surface area contributed by atoms with E-state index in [1.54, 1.807) is 11.8 Å². The molecule has 19 heavy (non-hydrogen) atoms. The molecule has 100 valence electrons. The van der Waals surface area contributed by atoms with Crippen LogP contribution in [0.2, 0.25) is 0 Å². The van der Waals surface area contributed by atoms with Crippen molar-refractivity contribution in [2.75, 3.05) is 19.6 Å².